The van der Waals surface area contributed by atoms with Gasteiger partial charge in [-0.3, -0.25) is 0 Å². The van der Waals surface area contributed by atoms with E-state index in [4.69, 9.17) is 5.73 Å². The third-order valence-corrected chi connectivity index (χ3v) is 3.62. The largest absolute Gasteiger partial charge is 0.398 e. The second kappa shape index (κ2) is 5.79. The van der Waals surface area contributed by atoms with Gasteiger partial charge in [0.05, 0.1) is 5.69 Å². The van der Waals surface area contributed by atoms with Crippen molar-refractivity contribution in [3.05, 3.63) is 36.2 Å². The number of anilines is 1. The summed E-state index contributed by atoms with van der Waals surface area (Å²) in [4.78, 5) is -0.224. The van der Waals surface area contributed by atoms with Gasteiger partial charge in [-0.05, 0) is 31.5 Å². The molecule has 0 amide bonds. The van der Waals surface area contributed by atoms with E-state index in [0.29, 0.717) is 6.42 Å². The van der Waals surface area contributed by atoms with Gasteiger partial charge >= 0.3 is 0 Å². The van der Waals surface area contributed by atoms with Crippen molar-refractivity contribution in [1.82, 2.24) is 4.72 Å². The number of hydrogen-bond donors (Lipinski definition) is 2. The fraction of sp³-hybridized carbons (Fsp3) is 0.273. The van der Waals surface area contributed by atoms with Crippen molar-refractivity contribution in [3.63, 3.8) is 0 Å². The minimum atomic E-state index is -3.74. The van der Waals surface area contributed by atoms with Crippen LogP contribution >= 0.6 is 0 Å². The Bertz CT molecular complexity index is 512. The van der Waals surface area contributed by atoms with E-state index in [-0.39, 0.29) is 17.1 Å². The van der Waals surface area contributed by atoms with Gasteiger partial charge in [-0.1, -0.05) is 12.2 Å². The molecule has 0 saturated carbocycles. The SMILES string of the molecule is C/C=C/CCNS(=O)(=O)c1cc(F)ccc1N. The number of hydrogen-bond acceptors (Lipinski definition) is 3. The van der Waals surface area contributed by atoms with Crippen molar-refractivity contribution in [2.75, 3.05) is 12.3 Å². The zero-order valence-electron chi connectivity index (χ0n) is 9.48. The molecule has 94 valence electrons. The Labute approximate surface area is 100 Å². The van der Waals surface area contributed by atoms with Crippen molar-refractivity contribution in [2.24, 2.45) is 0 Å². The average molecular weight is 258 g/mol. The summed E-state index contributed by atoms with van der Waals surface area (Å²) in [7, 11) is -3.74. The molecular weight excluding hydrogens is 243 g/mol. The number of sulfonamides is 1. The number of rotatable bonds is 5. The number of nitrogen functional groups attached to an aromatic ring is 1. The average Bonchev–Trinajstić information content (AvgIpc) is 2.28. The van der Waals surface area contributed by atoms with Crippen LogP contribution in [0, 0.1) is 5.82 Å². The summed E-state index contributed by atoms with van der Waals surface area (Å²) in [6, 6.07) is 3.26. The van der Waals surface area contributed by atoms with Gasteiger partial charge in [0, 0.05) is 6.54 Å². The topological polar surface area (TPSA) is 72.2 Å². The highest BCUT2D eigenvalue weighted by Gasteiger charge is 2.17. The van der Waals surface area contributed by atoms with Crippen molar-refractivity contribution in [2.45, 2.75) is 18.2 Å². The zero-order valence-corrected chi connectivity index (χ0v) is 10.3. The van der Waals surface area contributed by atoms with E-state index in [1.54, 1.807) is 0 Å². The normalized spacial score (nSPS) is 12.1. The molecule has 0 bridgehead atoms. The molecule has 1 rings (SSSR count). The van der Waals surface area contributed by atoms with Crippen LogP contribution in [0.15, 0.2) is 35.2 Å². The molecule has 0 atom stereocenters. The molecule has 1 aromatic carbocycles. The summed E-state index contributed by atoms with van der Waals surface area (Å²) in [5.74, 6) is -0.631. The van der Waals surface area contributed by atoms with Crippen LogP contribution in [-0.4, -0.2) is 15.0 Å². The van der Waals surface area contributed by atoms with Gasteiger partial charge in [-0.15, -0.1) is 0 Å². The summed E-state index contributed by atoms with van der Waals surface area (Å²) in [5.41, 5.74) is 5.54. The molecule has 0 heterocycles. The van der Waals surface area contributed by atoms with Crippen LogP contribution in [0.1, 0.15) is 13.3 Å². The molecule has 6 heteroatoms. The highest BCUT2D eigenvalue weighted by Crippen LogP contribution is 2.18. The third-order valence-electron chi connectivity index (χ3n) is 2.10. The van der Waals surface area contributed by atoms with E-state index in [2.05, 4.69) is 4.72 Å². The van der Waals surface area contributed by atoms with Crippen LogP contribution in [0.3, 0.4) is 0 Å². The molecule has 0 unspecified atom stereocenters. The van der Waals surface area contributed by atoms with Crippen LogP contribution in [-0.2, 0) is 10.0 Å². The van der Waals surface area contributed by atoms with Crippen LogP contribution in [0.5, 0.6) is 0 Å². The molecule has 0 spiro atoms. The van der Waals surface area contributed by atoms with Gasteiger partial charge in [0.15, 0.2) is 0 Å². The molecule has 0 aliphatic rings. The molecule has 0 aliphatic heterocycles. The van der Waals surface area contributed by atoms with Crippen molar-refractivity contribution >= 4 is 15.7 Å². The predicted octanol–water partition coefficient (Wildman–Crippen LogP) is 1.65. The first-order valence-electron chi connectivity index (χ1n) is 5.13. The van der Waals surface area contributed by atoms with Crippen LogP contribution in [0.25, 0.3) is 0 Å². The first-order chi connectivity index (χ1) is 7.97. The molecule has 0 aromatic heterocycles. The Morgan fingerprint density at radius 3 is 2.82 bits per heavy atom. The van der Waals surface area contributed by atoms with Crippen LogP contribution in [0.2, 0.25) is 0 Å². The quantitative estimate of drug-likeness (QED) is 0.479. The number of nitrogens with two attached hydrogens (primary N) is 1. The fourth-order valence-corrected chi connectivity index (χ4v) is 2.45. The molecular formula is C11H15FN2O2S. The van der Waals surface area contributed by atoms with Gasteiger partial charge in [-0.25, -0.2) is 17.5 Å². The molecule has 0 aliphatic carbocycles. The summed E-state index contributed by atoms with van der Waals surface area (Å²) in [6.07, 6.45) is 4.23. The minimum absolute atomic E-state index is 0.0323. The highest BCUT2D eigenvalue weighted by molar-refractivity contribution is 7.89. The van der Waals surface area contributed by atoms with Crippen molar-refractivity contribution in [1.29, 1.82) is 0 Å². The Balaban J connectivity index is 2.86. The lowest BCUT2D eigenvalue weighted by molar-refractivity contribution is 0.578. The third kappa shape index (κ3) is 3.83. The smallest absolute Gasteiger partial charge is 0.242 e. The number of halogens is 1. The van der Waals surface area contributed by atoms with Crippen LogP contribution < -0.4 is 10.5 Å². The summed E-state index contributed by atoms with van der Waals surface area (Å²) >= 11 is 0. The first-order valence-corrected chi connectivity index (χ1v) is 6.61. The number of allylic oxidation sites excluding steroid dienone is 1. The monoisotopic (exact) mass is 258 g/mol. The summed E-state index contributed by atoms with van der Waals surface area (Å²) < 4.78 is 38.9. The Kier molecular flexibility index (Phi) is 4.65. The molecule has 0 saturated heterocycles. The van der Waals surface area contributed by atoms with Gasteiger partial charge in [0.2, 0.25) is 10.0 Å². The van der Waals surface area contributed by atoms with Crippen LogP contribution in [0.4, 0.5) is 10.1 Å². The van der Waals surface area contributed by atoms with E-state index < -0.39 is 15.8 Å². The summed E-state index contributed by atoms with van der Waals surface area (Å²) in [5, 5.41) is 0. The maximum absolute atomic E-state index is 13.0. The molecule has 4 nitrogen and oxygen atoms in total. The van der Waals surface area contributed by atoms with E-state index in [9.17, 15) is 12.8 Å². The Morgan fingerprint density at radius 1 is 1.47 bits per heavy atom. The number of benzene rings is 1. The van der Waals surface area contributed by atoms with E-state index in [1.807, 2.05) is 19.1 Å². The maximum Gasteiger partial charge on any atom is 0.242 e. The second-order valence-electron chi connectivity index (χ2n) is 3.44. The molecule has 3 N–H and O–H groups in total. The Morgan fingerprint density at radius 2 is 2.18 bits per heavy atom. The summed E-state index contributed by atoms with van der Waals surface area (Å²) in [6.45, 7) is 2.10. The zero-order chi connectivity index (χ0) is 12.9. The molecule has 0 radical (unpaired) electrons. The lowest BCUT2D eigenvalue weighted by Crippen LogP contribution is -2.25. The van der Waals surface area contributed by atoms with Crippen molar-refractivity contribution in [3.8, 4) is 0 Å². The number of nitrogens with one attached hydrogen (secondary N) is 1. The van der Waals surface area contributed by atoms with Crippen molar-refractivity contribution < 1.29 is 12.8 Å². The lowest BCUT2D eigenvalue weighted by Gasteiger charge is -2.08. The van der Waals surface area contributed by atoms with Gasteiger partial charge in [-0.2, -0.15) is 0 Å². The highest BCUT2D eigenvalue weighted by atomic mass is 32.2. The predicted molar refractivity (Wildman–Crippen MR) is 65.4 cm³/mol. The first kappa shape index (κ1) is 13.7. The van der Waals surface area contributed by atoms with Gasteiger partial charge < -0.3 is 5.73 Å². The minimum Gasteiger partial charge on any atom is -0.398 e. The van der Waals surface area contributed by atoms with Gasteiger partial charge in [0.1, 0.15) is 10.7 Å². The maximum atomic E-state index is 13.0. The van der Waals surface area contributed by atoms with E-state index >= 15 is 0 Å². The fourth-order valence-electron chi connectivity index (χ4n) is 1.26. The second-order valence-corrected chi connectivity index (χ2v) is 5.17. The van der Waals surface area contributed by atoms with Gasteiger partial charge in [0.25, 0.3) is 0 Å². The van der Waals surface area contributed by atoms with E-state index in [1.165, 1.54) is 6.07 Å². The standard InChI is InChI=1S/C11H15FN2O2S/c1-2-3-4-7-14-17(15,16)11-8-9(12)5-6-10(11)13/h2-3,5-6,8,14H,4,7,13H2,1H3/b3-2+. The molecule has 17 heavy (non-hydrogen) atoms. The molecule has 1 aromatic rings. The Hall–Kier alpha value is -1.40. The van der Waals surface area contributed by atoms with E-state index in [0.717, 1.165) is 12.1 Å². The lowest BCUT2D eigenvalue weighted by atomic mass is 10.3. The molecule has 0 fully saturated rings.